The Morgan fingerprint density at radius 1 is 1.09 bits per heavy atom. The molecule has 0 unspecified atom stereocenters. The predicted molar refractivity (Wildman–Crippen MR) is 92.2 cm³/mol. The number of aromatic nitrogens is 3. The van der Waals surface area contributed by atoms with Gasteiger partial charge in [0.25, 0.3) is 0 Å². The first-order chi connectivity index (χ1) is 11.1. The van der Waals surface area contributed by atoms with E-state index in [1.807, 2.05) is 73.0 Å². The Balaban J connectivity index is 1.79. The molecule has 23 heavy (non-hydrogen) atoms. The summed E-state index contributed by atoms with van der Waals surface area (Å²) in [6.07, 6.45) is 1.67. The van der Waals surface area contributed by atoms with E-state index in [0.29, 0.717) is 5.16 Å². The van der Waals surface area contributed by atoms with Gasteiger partial charge in [-0.15, -0.1) is 10.2 Å². The van der Waals surface area contributed by atoms with E-state index in [1.54, 1.807) is 6.33 Å². The van der Waals surface area contributed by atoms with Crippen molar-refractivity contribution < 1.29 is 4.79 Å². The van der Waals surface area contributed by atoms with Crippen LogP contribution in [0.5, 0.6) is 0 Å². The van der Waals surface area contributed by atoms with Crippen LogP contribution in [-0.2, 0) is 0 Å². The molecule has 0 aliphatic heterocycles. The van der Waals surface area contributed by atoms with Gasteiger partial charge in [-0.1, -0.05) is 59.8 Å². The lowest BCUT2D eigenvalue weighted by molar-refractivity contribution is 0.0994. The lowest BCUT2D eigenvalue weighted by Crippen LogP contribution is -2.14. The molecule has 2 aromatic carbocycles. The minimum absolute atomic E-state index is 0.0950. The van der Waals surface area contributed by atoms with Gasteiger partial charge in [-0.05, 0) is 26.0 Å². The van der Waals surface area contributed by atoms with Gasteiger partial charge in [-0.3, -0.25) is 9.36 Å². The van der Waals surface area contributed by atoms with Crippen LogP contribution in [0.4, 0.5) is 0 Å². The van der Waals surface area contributed by atoms with Crippen LogP contribution in [0, 0.1) is 6.92 Å². The van der Waals surface area contributed by atoms with E-state index in [2.05, 4.69) is 10.2 Å². The number of carbonyl (C=O) groups excluding carboxylic acids is 1. The Hall–Kier alpha value is -2.40. The molecule has 3 rings (SSSR count). The molecule has 0 aliphatic carbocycles. The Morgan fingerprint density at radius 3 is 2.48 bits per heavy atom. The second-order valence-corrected chi connectivity index (χ2v) is 6.62. The molecule has 1 atom stereocenters. The highest BCUT2D eigenvalue weighted by Gasteiger charge is 2.19. The Kier molecular flexibility index (Phi) is 4.57. The third kappa shape index (κ3) is 3.51. The summed E-state index contributed by atoms with van der Waals surface area (Å²) in [5.41, 5.74) is 2.85. The molecule has 116 valence electrons. The number of nitrogens with zero attached hydrogens (tertiary/aromatic N) is 3. The summed E-state index contributed by atoms with van der Waals surface area (Å²) in [4.78, 5) is 12.6. The number of thioether (sulfide) groups is 1. The molecule has 4 nitrogen and oxygen atoms in total. The second kappa shape index (κ2) is 6.79. The molecule has 0 amide bonds. The van der Waals surface area contributed by atoms with Gasteiger partial charge in [-0.25, -0.2) is 0 Å². The molecule has 0 bridgehead atoms. The zero-order valence-electron chi connectivity index (χ0n) is 13.0. The van der Waals surface area contributed by atoms with Crippen molar-refractivity contribution in [3.8, 4) is 5.69 Å². The highest BCUT2D eigenvalue weighted by Crippen LogP contribution is 2.26. The van der Waals surface area contributed by atoms with Crippen molar-refractivity contribution >= 4 is 17.5 Å². The lowest BCUT2D eigenvalue weighted by Gasteiger charge is -2.11. The van der Waals surface area contributed by atoms with E-state index in [0.717, 1.165) is 16.8 Å². The number of aryl methyl sites for hydroxylation is 1. The normalized spacial score (nSPS) is 12.1. The van der Waals surface area contributed by atoms with Gasteiger partial charge in [0.1, 0.15) is 6.33 Å². The Bertz CT molecular complexity index is 797. The summed E-state index contributed by atoms with van der Waals surface area (Å²) in [6, 6.07) is 17.5. The van der Waals surface area contributed by atoms with E-state index < -0.39 is 0 Å². The van der Waals surface area contributed by atoms with E-state index in [-0.39, 0.29) is 11.0 Å². The van der Waals surface area contributed by atoms with E-state index >= 15 is 0 Å². The van der Waals surface area contributed by atoms with Crippen molar-refractivity contribution in [3.05, 3.63) is 72.1 Å². The minimum Gasteiger partial charge on any atom is -0.293 e. The number of benzene rings is 2. The summed E-state index contributed by atoms with van der Waals surface area (Å²) in [5, 5.41) is 8.60. The molecule has 0 N–H and O–H groups in total. The number of hydrogen-bond donors (Lipinski definition) is 0. The van der Waals surface area contributed by atoms with Crippen molar-refractivity contribution in [1.82, 2.24) is 14.8 Å². The highest BCUT2D eigenvalue weighted by atomic mass is 32.2. The maximum absolute atomic E-state index is 12.6. The van der Waals surface area contributed by atoms with Crippen molar-refractivity contribution in [2.75, 3.05) is 0 Å². The third-order valence-corrected chi connectivity index (χ3v) is 4.60. The summed E-state index contributed by atoms with van der Waals surface area (Å²) < 4.78 is 1.89. The van der Waals surface area contributed by atoms with Crippen LogP contribution in [0.2, 0.25) is 0 Å². The molecule has 0 aliphatic rings. The monoisotopic (exact) mass is 323 g/mol. The van der Waals surface area contributed by atoms with Crippen LogP contribution >= 0.6 is 11.8 Å². The first-order valence-electron chi connectivity index (χ1n) is 7.38. The number of rotatable bonds is 5. The van der Waals surface area contributed by atoms with Gasteiger partial charge in [0.2, 0.25) is 0 Å². The predicted octanol–water partition coefficient (Wildman–Crippen LogP) is 3.94. The molecule has 0 spiro atoms. The third-order valence-electron chi connectivity index (χ3n) is 3.54. The van der Waals surface area contributed by atoms with Gasteiger partial charge in [-0.2, -0.15) is 0 Å². The van der Waals surface area contributed by atoms with Gasteiger partial charge >= 0.3 is 0 Å². The number of hydrogen-bond acceptors (Lipinski definition) is 4. The van der Waals surface area contributed by atoms with Crippen molar-refractivity contribution in [2.24, 2.45) is 0 Å². The number of ketones is 1. The summed E-state index contributed by atoms with van der Waals surface area (Å²) in [6.45, 7) is 3.91. The summed E-state index contributed by atoms with van der Waals surface area (Å²) in [7, 11) is 0. The molecular weight excluding hydrogens is 306 g/mol. The van der Waals surface area contributed by atoms with Crippen molar-refractivity contribution in [1.29, 1.82) is 0 Å². The fourth-order valence-electron chi connectivity index (χ4n) is 2.23. The van der Waals surface area contributed by atoms with Crippen LogP contribution in [0.1, 0.15) is 22.8 Å². The summed E-state index contributed by atoms with van der Waals surface area (Å²) >= 11 is 1.42. The number of para-hydroxylation sites is 1. The van der Waals surface area contributed by atoms with Crippen LogP contribution in [0.15, 0.2) is 66.1 Å². The van der Waals surface area contributed by atoms with E-state index in [9.17, 15) is 4.79 Å². The van der Waals surface area contributed by atoms with Gasteiger partial charge < -0.3 is 0 Å². The molecular formula is C18H17N3OS. The maximum Gasteiger partial charge on any atom is 0.196 e. The largest absolute Gasteiger partial charge is 0.293 e. The smallest absolute Gasteiger partial charge is 0.196 e. The molecule has 0 saturated carbocycles. The van der Waals surface area contributed by atoms with Crippen LogP contribution in [0.3, 0.4) is 0 Å². The molecule has 5 heteroatoms. The first-order valence-corrected chi connectivity index (χ1v) is 8.26. The molecule has 1 heterocycles. The van der Waals surface area contributed by atoms with Gasteiger partial charge in [0.15, 0.2) is 10.9 Å². The zero-order chi connectivity index (χ0) is 16.2. The number of carbonyl (C=O) groups is 1. The molecule has 1 aromatic heterocycles. The molecule has 0 saturated heterocycles. The first kappa shape index (κ1) is 15.5. The van der Waals surface area contributed by atoms with Crippen LogP contribution in [0.25, 0.3) is 5.69 Å². The van der Waals surface area contributed by atoms with E-state index in [1.165, 1.54) is 11.8 Å². The fraction of sp³-hybridized carbons (Fsp3) is 0.167. The standard InChI is InChI=1S/C18H17N3OS/c1-13-8-10-15(11-9-13)17(22)14(2)23-18-20-19-12-21(18)16-6-4-3-5-7-16/h3-12,14H,1-2H3/t14-/m1/s1. The summed E-state index contributed by atoms with van der Waals surface area (Å²) in [5.74, 6) is 0.0950. The van der Waals surface area contributed by atoms with Crippen LogP contribution in [-0.4, -0.2) is 25.8 Å². The average molecular weight is 323 g/mol. The molecule has 0 radical (unpaired) electrons. The Morgan fingerprint density at radius 2 is 1.78 bits per heavy atom. The minimum atomic E-state index is -0.232. The average Bonchev–Trinajstić information content (AvgIpc) is 3.04. The second-order valence-electron chi connectivity index (χ2n) is 5.31. The van der Waals surface area contributed by atoms with E-state index in [4.69, 9.17) is 0 Å². The SMILES string of the molecule is Cc1ccc(C(=O)[C@@H](C)Sc2nncn2-c2ccccc2)cc1. The Labute approximate surface area is 139 Å². The molecule has 0 fully saturated rings. The van der Waals surface area contributed by atoms with Crippen LogP contribution < -0.4 is 0 Å². The number of Topliss-reactive ketones (excluding diaryl/α,β-unsaturated/α-hetero) is 1. The quantitative estimate of drug-likeness (QED) is 0.527. The van der Waals surface area contributed by atoms with Crippen molar-refractivity contribution in [3.63, 3.8) is 0 Å². The van der Waals surface area contributed by atoms with Gasteiger partial charge in [0, 0.05) is 11.3 Å². The van der Waals surface area contributed by atoms with Gasteiger partial charge in [0.05, 0.1) is 5.25 Å². The fourth-order valence-corrected chi connectivity index (χ4v) is 3.15. The topological polar surface area (TPSA) is 47.8 Å². The maximum atomic E-state index is 12.6. The zero-order valence-corrected chi connectivity index (χ0v) is 13.8. The highest BCUT2D eigenvalue weighted by molar-refractivity contribution is 8.00. The van der Waals surface area contributed by atoms with Crippen molar-refractivity contribution in [2.45, 2.75) is 24.3 Å². The molecule has 3 aromatic rings. The lowest BCUT2D eigenvalue weighted by atomic mass is 10.1.